The van der Waals surface area contributed by atoms with Crippen LogP contribution in [-0.4, -0.2) is 40.4 Å². The Bertz CT molecular complexity index is 997. The number of nitrogens with one attached hydrogen (secondary N) is 2. The third-order valence-corrected chi connectivity index (χ3v) is 4.97. The molecule has 0 unspecified atom stereocenters. The number of hydrogen-bond donors (Lipinski definition) is 2. The SMILES string of the molecule is Cc1cc(NC(=O)CN(C)Cc2csc(CC(=O)Nc3ccccc3C)n2)no1. The minimum absolute atomic E-state index is 0.101. The van der Waals surface area contributed by atoms with Crippen molar-refractivity contribution in [3.8, 4) is 0 Å². The van der Waals surface area contributed by atoms with E-state index in [0.29, 0.717) is 18.1 Å². The molecule has 29 heavy (non-hydrogen) atoms. The molecule has 0 spiro atoms. The molecule has 1 aromatic carbocycles. The lowest BCUT2D eigenvalue weighted by molar-refractivity contribution is -0.117. The molecule has 0 atom stereocenters. The summed E-state index contributed by atoms with van der Waals surface area (Å²) in [5, 5.41) is 12.0. The van der Waals surface area contributed by atoms with Crippen LogP contribution in [0.2, 0.25) is 0 Å². The molecule has 0 saturated carbocycles. The predicted molar refractivity (Wildman–Crippen MR) is 112 cm³/mol. The molecule has 8 nitrogen and oxygen atoms in total. The van der Waals surface area contributed by atoms with Crippen molar-refractivity contribution >= 4 is 34.7 Å². The number of amides is 2. The second kappa shape index (κ2) is 9.44. The lowest BCUT2D eigenvalue weighted by atomic mass is 10.2. The van der Waals surface area contributed by atoms with Gasteiger partial charge in [-0.2, -0.15) is 0 Å². The Morgan fingerprint density at radius 1 is 1.17 bits per heavy atom. The topological polar surface area (TPSA) is 100 Å². The minimum atomic E-state index is -0.186. The maximum atomic E-state index is 12.3. The van der Waals surface area contributed by atoms with E-state index in [-0.39, 0.29) is 24.8 Å². The number of likely N-dealkylation sites (N-methyl/N-ethyl adjacent to an activating group) is 1. The molecule has 0 saturated heterocycles. The average molecular weight is 414 g/mol. The molecule has 0 aliphatic heterocycles. The lowest BCUT2D eigenvalue weighted by Gasteiger charge is -2.14. The van der Waals surface area contributed by atoms with Crippen LogP contribution >= 0.6 is 11.3 Å². The van der Waals surface area contributed by atoms with Crippen molar-refractivity contribution in [3.63, 3.8) is 0 Å². The monoisotopic (exact) mass is 413 g/mol. The van der Waals surface area contributed by atoms with Crippen LogP contribution in [0.3, 0.4) is 0 Å². The molecule has 152 valence electrons. The van der Waals surface area contributed by atoms with Gasteiger partial charge < -0.3 is 15.2 Å². The number of thiazole rings is 1. The van der Waals surface area contributed by atoms with Gasteiger partial charge in [0, 0.05) is 23.7 Å². The van der Waals surface area contributed by atoms with Gasteiger partial charge >= 0.3 is 0 Å². The molecule has 3 aromatic rings. The van der Waals surface area contributed by atoms with Gasteiger partial charge in [0.15, 0.2) is 5.82 Å². The Morgan fingerprint density at radius 2 is 1.97 bits per heavy atom. The molecular formula is C20H23N5O3S. The lowest BCUT2D eigenvalue weighted by Crippen LogP contribution is -2.30. The molecule has 9 heteroatoms. The first-order valence-corrected chi connectivity index (χ1v) is 9.97. The van der Waals surface area contributed by atoms with Gasteiger partial charge in [0.05, 0.1) is 18.7 Å². The summed E-state index contributed by atoms with van der Waals surface area (Å²) >= 11 is 1.44. The van der Waals surface area contributed by atoms with Gasteiger partial charge in [-0.1, -0.05) is 23.4 Å². The fraction of sp³-hybridized carbons (Fsp3) is 0.300. The predicted octanol–water partition coefficient (Wildman–Crippen LogP) is 3.00. The zero-order chi connectivity index (χ0) is 20.8. The van der Waals surface area contributed by atoms with E-state index in [1.54, 1.807) is 13.0 Å². The summed E-state index contributed by atoms with van der Waals surface area (Å²) in [6.07, 6.45) is 0.217. The molecule has 0 radical (unpaired) electrons. The Balaban J connectivity index is 1.47. The van der Waals surface area contributed by atoms with Crippen molar-refractivity contribution < 1.29 is 14.1 Å². The third kappa shape index (κ3) is 6.23. The van der Waals surface area contributed by atoms with Crippen LogP contribution in [0.25, 0.3) is 0 Å². The smallest absolute Gasteiger partial charge is 0.239 e. The zero-order valence-corrected chi connectivity index (χ0v) is 17.4. The van der Waals surface area contributed by atoms with Crippen LogP contribution in [-0.2, 0) is 22.6 Å². The van der Waals surface area contributed by atoms with Gasteiger partial charge in [0.2, 0.25) is 11.8 Å². The number of hydrogen-bond acceptors (Lipinski definition) is 7. The number of carbonyl (C=O) groups excluding carboxylic acids is 2. The van der Waals surface area contributed by atoms with E-state index in [9.17, 15) is 9.59 Å². The first-order chi connectivity index (χ1) is 13.9. The third-order valence-electron chi connectivity index (χ3n) is 4.07. The van der Waals surface area contributed by atoms with E-state index in [2.05, 4.69) is 20.8 Å². The van der Waals surface area contributed by atoms with Crippen molar-refractivity contribution in [1.82, 2.24) is 15.0 Å². The standard InChI is InChI=1S/C20H23N5O3S/c1-13-6-4-5-7-16(13)22-18(26)9-20-21-15(12-29-20)10-25(3)11-19(27)23-17-8-14(2)28-24-17/h4-8,12H,9-11H2,1-3H3,(H,22,26)(H,23,24,27). The van der Waals surface area contributed by atoms with Crippen LogP contribution in [0.5, 0.6) is 0 Å². The molecule has 2 amide bonds. The van der Waals surface area contributed by atoms with E-state index >= 15 is 0 Å². The first-order valence-electron chi connectivity index (χ1n) is 9.09. The molecule has 3 rings (SSSR count). The molecule has 0 fully saturated rings. The molecule has 2 aromatic heterocycles. The van der Waals surface area contributed by atoms with E-state index in [4.69, 9.17) is 4.52 Å². The van der Waals surface area contributed by atoms with Crippen molar-refractivity contribution in [2.24, 2.45) is 0 Å². The number of carbonyl (C=O) groups is 2. The molecular weight excluding hydrogens is 390 g/mol. The van der Waals surface area contributed by atoms with Crippen molar-refractivity contribution in [3.05, 3.63) is 57.7 Å². The van der Waals surface area contributed by atoms with E-state index in [0.717, 1.165) is 22.0 Å². The number of rotatable bonds is 8. The van der Waals surface area contributed by atoms with Gasteiger partial charge in [-0.05, 0) is 32.5 Å². The summed E-state index contributed by atoms with van der Waals surface area (Å²) in [7, 11) is 1.83. The quantitative estimate of drug-likeness (QED) is 0.589. The van der Waals surface area contributed by atoms with Crippen LogP contribution in [0, 0.1) is 13.8 Å². The first kappa shape index (κ1) is 20.7. The van der Waals surface area contributed by atoms with Crippen molar-refractivity contribution in [2.75, 3.05) is 24.2 Å². The Labute approximate surface area is 172 Å². The maximum Gasteiger partial charge on any atom is 0.239 e. The number of anilines is 2. The summed E-state index contributed by atoms with van der Waals surface area (Å²) in [5.74, 6) is 0.747. The largest absolute Gasteiger partial charge is 0.360 e. The molecule has 0 aliphatic carbocycles. The number of aryl methyl sites for hydroxylation is 2. The van der Waals surface area contributed by atoms with Crippen LogP contribution in [0.1, 0.15) is 22.0 Å². The van der Waals surface area contributed by atoms with Crippen LogP contribution in [0.15, 0.2) is 40.2 Å². The normalized spacial score (nSPS) is 10.9. The van der Waals surface area contributed by atoms with E-state index in [1.165, 1.54) is 11.3 Å². The molecule has 2 heterocycles. The van der Waals surface area contributed by atoms with E-state index < -0.39 is 0 Å². The fourth-order valence-corrected chi connectivity index (χ4v) is 3.52. The number of para-hydroxylation sites is 1. The second-order valence-electron chi connectivity index (χ2n) is 6.82. The summed E-state index contributed by atoms with van der Waals surface area (Å²) < 4.78 is 4.92. The van der Waals surface area contributed by atoms with Gasteiger partial charge in [0.1, 0.15) is 10.8 Å². The van der Waals surface area contributed by atoms with Crippen LogP contribution < -0.4 is 10.6 Å². The highest BCUT2D eigenvalue weighted by atomic mass is 32.1. The summed E-state index contributed by atoms with van der Waals surface area (Å²) in [6, 6.07) is 9.31. The Hall–Kier alpha value is -3.04. The summed E-state index contributed by atoms with van der Waals surface area (Å²) in [5.41, 5.74) is 2.64. The summed E-state index contributed by atoms with van der Waals surface area (Å²) in [6.45, 7) is 4.40. The Morgan fingerprint density at radius 3 is 2.69 bits per heavy atom. The van der Waals surface area contributed by atoms with Crippen molar-refractivity contribution in [1.29, 1.82) is 0 Å². The minimum Gasteiger partial charge on any atom is -0.360 e. The fourth-order valence-electron chi connectivity index (χ4n) is 2.73. The number of aromatic nitrogens is 2. The zero-order valence-electron chi connectivity index (χ0n) is 16.6. The molecule has 2 N–H and O–H groups in total. The van der Waals surface area contributed by atoms with Gasteiger partial charge in [-0.3, -0.25) is 14.5 Å². The van der Waals surface area contributed by atoms with Crippen molar-refractivity contribution in [2.45, 2.75) is 26.8 Å². The number of nitrogens with zero attached hydrogens (tertiary/aromatic N) is 3. The van der Waals surface area contributed by atoms with E-state index in [1.807, 2.05) is 48.5 Å². The Kier molecular flexibility index (Phi) is 6.73. The highest BCUT2D eigenvalue weighted by molar-refractivity contribution is 7.09. The van der Waals surface area contributed by atoms with Crippen LogP contribution in [0.4, 0.5) is 11.5 Å². The highest BCUT2D eigenvalue weighted by Crippen LogP contribution is 2.16. The maximum absolute atomic E-state index is 12.3. The summed E-state index contributed by atoms with van der Waals surface area (Å²) in [4.78, 5) is 30.7. The molecule has 0 aliphatic rings. The average Bonchev–Trinajstić information content (AvgIpc) is 3.25. The highest BCUT2D eigenvalue weighted by Gasteiger charge is 2.13. The van der Waals surface area contributed by atoms with Gasteiger partial charge in [-0.25, -0.2) is 4.98 Å². The van der Waals surface area contributed by atoms with Gasteiger partial charge in [-0.15, -0.1) is 11.3 Å². The second-order valence-corrected chi connectivity index (χ2v) is 7.76. The number of benzene rings is 1. The van der Waals surface area contributed by atoms with Gasteiger partial charge in [0.25, 0.3) is 0 Å². The molecule has 0 bridgehead atoms.